The van der Waals surface area contributed by atoms with Crippen LogP contribution in [0.1, 0.15) is 26.4 Å². The van der Waals surface area contributed by atoms with Gasteiger partial charge in [0, 0.05) is 18.2 Å². The number of hydrogen-bond donors (Lipinski definition) is 0. The second-order valence-corrected chi connectivity index (χ2v) is 6.25. The van der Waals surface area contributed by atoms with Crippen LogP contribution in [0.15, 0.2) is 72.7 Å². The van der Waals surface area contributed by atoms with Crippen molar-refractivity contribution in [2.24, 2.45) is 0 Å². The molecule has 3 aromatic rings. The molecule has 1 heterocycles. The summed E-state index contributed by atoms with van der Waals surface area (Å²) in [6, 6.07) is 15.7. The Hall–Kier alpha value is -3.60. The molecule has 0 saturated heterocycles. The molecule has 0 saturated carbocycles. The van der Waals surface area contributed by atoms with E-state index in [0.717, 1.165) is 22.4 Å². The van der Waals surface area contributed by atoms with Crippen molar-refractivity contribution < 1.29 is 14.3 Å². The Morgan fingerprint density at radius 3 is 2.59 bits per heavy atom. The fourth-order valence-electron chi connectivity index (χ4n) is 3.13. The highest BCUT2D eigenvalue weighted by Crippen LogP contribution is 2.26. The third-order valence-corrected chi connectivity index (χ3v) is 4.54. The summed E-state index contributed by atoms with van der Waals surface area (Å²) in [5, 5.41) is 0. The molecule has 0 bridgehead atoms. The van der Waals surface area contributed by atoms with Gasteiger partial charge in [-0.05, 0) is 34.9 Å². The van der Waals surface area contributed by atoms with Crippen LogP contribution in [0.2, 0.25) is 0 Å². The van der Waals surface area contributed by atoms with Gasteiger partial charge in [0.25, 0.3) is 0 Å². The van der Waals surface area contributed by atoms with E-state index in [2.05, 4.69) is 9.97 Å². The minimum Gasteiger partial charge on any atom is -0.497 e. The van der Waals surface area contributed by atoms with Gasteiger partial charge in [-0.15, -0.1) is 0 Å². The molecule has 5 nitrogen and oxygen atoms in total. The monoisotopic (exact) mass is 356 g/mol. The number of rotatable bonds is 4. The first kappa shape index (κ1) is 16.8. The van der Waals surface area contributed by atoms with Crippen molar-refractivity contribution in [1.82, 2.24) is 9.97 Å². The molecule has 0 unspecified atom stereocenters. The quantitative estimate of drug-likeness (QED) is 0.713. The summed E-state index contributed by atoms with van der Waals surface area (Å²) in [6.45, 7) is 0. The van der Waals surface area contributed by atoms with E-state index in [1.54, 1.807) is 7.11 Å². The standard InChI is InChI=1S/C22H16N2O3/c1-27-18-4-2-3-16(10-18)15-7-5-14(6-8-15)9-17-11-20(25)21-19(22(17)26)12-23-13-24-21/h2-8,10-13H,9H2,1H3. The number of Topliss-reactive ketones (excluding diaryl/α,β-unsaturated/α-hetero) is 1. The lowest BCUT2D eigenvalue weighted by Gasteiger charge is -2.14. The highest BCUT2D eigenvalue weighted by molar-refractivity contribution is 6.23. The molecule has 0 amide bonds. The zero-order valence-corrected chi connectivity index (χ0v) is 14.7. The van der Waals surface area contributed by atoms with Crippen molar-refractivity contribution in [3.8, 4) is 16.9 Å². The Morgan fingerprint density at radius 1 is 1.00 bits per heavy atom. The fraction of sp³-hybridized carbons (Fsp3) is 0.0909. The molecule has 0 N–H and O–H groups in total. The number of nitrogens with zero attached hydrogens (tertiary/aromatic N) is 2. The van der Waals surface area contributed by atoms with Crippen LogP contribution in [0.3, 0.4) is 0 Å². The Morgan fingerprint density at radius 2 is 1.81 bits per heavy atom. The largest absolute Gasteiger partial charge is 0.497 e. The average Bonchev–Trinajstić information content (AvgIpc) is 2.72. The molecular formula is C22H16N2O3. The molecule has 27 heavy (non-hydrogen) atoms. The highest BCUT2D eigenvalue weighted by Gasteiger charge is 2.26. The van der Waals surface area contributed by atoms with E-state index in [4.69, 9.17) is 4.74 Å². The summed E-state index contributed by atoms with van der Waals surface area (Å²) >= 11 is 0. The second-order valence-electron chi connectivity index (χ2n) is 6.25. The molecule has 5 heteroatoms. The van der Waals surface area contributed by atoms with Gasteiger partial charge < -0.3 is 4.74 Å². The number of benzene rings is 2. The van der Waals surface area contributed by atoms with E-state index in [0.29, 0.717) is 12.0 Å². The molecule has 0 atom stereocenters. The number of ketones is 2. The van der Waals surface area contributed by atoms with Crippen LogP contribution in [0, 0.1) is 0 Å². The Balaban J connectivity index is 1.57. The number of methoxy groups -OCH3 is 1. The lowest BCUT2D eigenvalue weighted by atomic mass is 9.90. The van der Waals surface area contributed by atoms with Crippen molar-refractivity contribution in [3.05, 3.63) is 89.5 Å². The number of hydrogen-bond acceptors (Lipinski definition) is 5. The summed E-state index contributed by atoms with van der Waals surface area (Å²) in [5.74, 6) is 0.353. The van der Waals surface area contributed by atoms with Gasteiger partial charge in [0.05, 0.1) is 12.7 Å². The number of carbonyl (C=O) groups is 2. The molecule has 1 aliphatic carbocycles. The molecular weight excluding hydrogens is 340 g/mol. The maximum absolute atomic E-state index is 12.6. The first-order valence-electron chi connectivity index (χ1n) is 8.48. The maximum atomic E-state index is 12.6. The van der Waals surface area contributed by atoms with Gasteiger partial charge in [-0.25, -0.2) is 9.97 Å². The fourth-order valence-corrected chi connectivity index (χ4v) is 3.13. The van der Waals surface area contributed by atoms with Crippen molar-refractivity contribution >= 4 is 11.6 Å². The minimum atomic E-state index is -0.255. The van der Waals surface area contributed by atoms with Gasteiger partial charge in [0.15, 0.2) is 5.78 Å². The van der Waals surface area contributed by atoms with Crippen LogP contribution in [0.5, 0.6) is 5.75 Å². The Labute approximate surface area is 156 Å². The number of fused-ring (bicyclic) bond motifs is 1. The molecule has 1 aromatic heterocycles. The van der Waals surface area contributed by atoms with E-state index in [9.17, 15) is 9.59 Å². The van der Waals surface area contributed by atoms with Crippen LogP contribution in [-0.2, 0) is 6.42 Å². The summed E-state index contributed by atoms with van der Waals surface area (Å²) in [6.07, 6.45) is 4.45. The number of carbonyl (C=O) groups excluding carboxylic acids is 2. The summed E-state index contributed by atoms with van der Waals surface area (Å²) < 4.78 is 5.26. The molecule has 0 radical (unpaired) electrons. The predicted molar refractivity (Wildman–Crippen MR) is 101 cm³/mol. The minimum absolute atomic E-state index is 0.173. The van der Waals surface area contributed by atoms with Crippen molar-refractivity contribution in [1.29, 1.82) is 0 Å². The molecule has 1 aliphatic rings. The predicted octanol–water partition coefficient (Wildman–Crippen LogP) is 3.70. The lowest BCUT2D eigenvalue weighted by Crippen LogP contribution is -2.20. The Bertz CT molecular complexity index is 1070. The van der Waals surface area contributed by atoms with E-state index in [1.165, 1.54) is 18.6 Å². The zero-order chi connectivity index (χ0) is 18.8. The molecule has 0 spiro atoms. The van der Waals surface area contributed by atoms with Crippen LogP contribution in [0.4, 0.5) is 0 Å². The molecule has 2 aromatic carbocycles. The van der Waals surface area contributed by atoms with Crippen LogP contribution in [0.25, 0.3) is 11.1 Å². The molecule has 0 aliphatic heterocycles. The zero-order valence-electron chi connectivity index (χ0n) is 14.7. The van der Waals surface area contributed by atoms with Gasteiger partial charge in [0.1, 0.15) is 17.8 Å². The first-order valence-corrected chi connectivity index (χ1v) is 8.48. The first-order chi connectivity index (χ1) is 13.2. The Kier molecular flexibility index (Phi) is 4.34. The SMILES string of the molecule is COc1cccc(-c2ccc(CC3=CC(=O)c4ncncc4C3=O)cc2)c1. The van der Waals surface area contributed by atoms with Gasteiger partial charge >= 0.3 is 0 Å². The van der Waals surface area contributed by atoms with Crippen molar-refractivity contribution in [3.63, 3.8) is 0 Å². The number of ether oxygens (including phenoxy) is 1. The highest BCUT2D eigenvalue weighted by atomic mass is 16.5. The summed E-state index contributed by atoms with van der Waals surface area (Å²) in [7, 11) is 1.64. The van der Waals surface area contributed by atoms with Crippen molar-refractivity contribution in [2.75, 3.05) is 7.11 Å². The second kappa shape index (κ2) is 6.96. The maximum Gasteiger partial charge on any atom is 0.205 e. The lowest BCUT2D eigenvalue weighted by molar-refractivity contribution is 0.0978. The topological polar surface area (TPSA) is 69.2 Å². The molecule has 0 fully saturated rings. The molecule has 132 valence electrons. The van der Waals surface area contributed by atoms with E-state index in [1.807, 2.05) is 48.5 Å². The van der Waals surface area contributed by atoms with E-state index >= 15 is 0 Å². The number of allylic oxidation sites excluding steroid dienone is 2. The third kappa shape index (κ3) is 3.27. The van der Waals surface area contributed by atoms with Crippen molar-refractivity contribution in [2.45, 2.75) is 6.42 Å². The summed E-state index contributed by atoms with van der Waals surface area (Å²) in [5.41, 5.74) is 3.96. The van der Waals surface area contributed by atoms with Gasteiger partial charge in [-0.3, -0.25) is 9.59 Å². The van der Waals surface area contributed by atoms with Crippen LogP contribution >= 0.6 is 0 Å². The van der Waals surface area contributed by atoms with Gasteiger partial charge in [-0.1, -0.05) is 36.4 Å². The smallest absolute Gasteiger partial charge is 0.205 e. The van der Waals surface area contributed by atoms with E-state index in [-0.39, 0.29) is 22.8 Å². The van der Waals surface area contributed by atoms with Crippen LogP contribution in [-0.4, -0.2) is 28.6 Å². The molecule has 4 rings (SSSR count). The summed E-state index contributed by atoms with van der Waals surface area (Å²) in [4.78, 5) is 32.6. The average molecular weight is 356 g/mol. The third-order valence-electron chi connectivity index (χ3n) is 4.54. The van der Waals surface area contributed by atoms with Gasteiger partial charge in [-0.2, -0.15) is 0 Å². The van der Waals surface area contributed by atoms with Crippen LogP contribution < -0.4 is 4.74 Å². The van der Waals surface area contributed by atoms with Gasteiger partial charge in [0.2, 0.25) is 5.78 Å². The number of aromatic nitrogens is 2. The van der Waals surface area contributed by atoms with E-state index < -0.39 is 0 Å². The normalized spacial score (nSPS) is 13.1.